The molecule has 0 amide bonds. The molecule has 1 aromatic carbocycles. The highest BCUT2D eigenvalue weighted by molar-refractivity contribution is 6.03. The first-order chi connectivity index (χ1) is 10.7. The molecule has 126 valence electrons. The van der Waals surface area contributed by atoms with Gasteiger partial charge < -0.3 is 30.3 Å². The van der Waals surface area contributed by atoms with E-state index in [-0.39, 0.29) is 29.0 Å². The summed E-state index contributed by atoms with van der Waals surface area (Å²) in [5, 5.41) is 51.4. The van der Waals surface area contributed by atoms with Crippen molar-refractivity contribution < 1.29 is 35.1 Å². The van der Waals surface area contributed by atoms with Gasteiger partial charge in [0, 0.05) is 17.9 Å². The predicted molar refractivity (Wildman–Crippen MR) is 78.2 cm³/mol. The Hall–Kier alpha value is -1.67. The van der Waals surface area contributed by atoms with E-state index in [0.29, 0.717) is 0 Å². The average molecular weight is 324 g/mol. The van der Waals surface area contributed by atoms with E-state index < -0.39 is 41.5 Å². The SMILES string of the molecule is COc1cc(O)c2c(c1)C(O)C1C(CC(O)C(C)(O)C1O)C2=O. The minimum absolute atomic E-state index is 0.0273. The first-order valence-electron chi connectivity index (χ1n) is 7.41. The molecule has 7 nitrogen and oxygen atoms in total. The van der Waals surface area contributed by atoms with Crippen molar-refractivity contribution in [2.75, 3.05) is 7.11 Å². The van der Waals surface area contributed by atoms with E-state index >= 15 is 0 Å². The van der Waals surface area contributed by atoms with Crippen LogP contribution in [0.15, 0.2) is 12.1 Å². The summed E-state index contributed by atoms with van der Waals surface area (Å²) in [6, 6.07) is 2.70. The number of phenolic OH excluding ortho intramolecular Hbond substituents is 1. The fourth-order valence-electron chi connectivity index (χ4n) is 3.75. The zero-order chi connectivity index (χ0) is 17.1. The highest BCUT2D eigenvalue weighted by Crippen LogP contribution is 2.50. The Morgan fingerprint density at radius 1 is 1.26 bits per heavy atom. The second kappa shape index (κ2) is 5.17. The van der Waals surface area contributed by atoms with Crippen LogP contribution in [0.2, 0.25) is 0 Å². The molecule has 1 aromatic rings. The summed E-state index contributed by atoms with van der Waals surface area (Å²) in [4.78, 5) is 12.7. The number of aliphatic hydroxyl groups excluding tert-OH is 3. The average Bonchev–Trinajstić information content (AvgIpc) is 2.49. The highest BCUT2D eigenvalue weighted by Gasteiger charge is 2.57. The van der Waals surface area contributed by atoms with Crippen LogP contribution in [0.25, 0.3) is 0 Å². The lowest BCUT2D eigenvalue weighted by atomic mass is 9.60. The third kappa shape index (κ3) is 2.15. The molecule has 0 aromatic heterocycles. The van der Waals surface area contributed by atoms with Gasteiger partial charge in [-0.05, 0) is 25.0 Å². The van der Waals surface area contributed by atoms with Crippen LogP contribution in [0.4, 0.5) is 0 Å². The number of ether oxygens (including phenoxy) is 1. The van der Waals surface area contributed by atoms with Crippen molar-refractivity contribution in [2.45, 2.75) is 37.3 Å². The van der Waals surface area contributed by atoms with Crippen molar-refractivity contribution in [1.82, 2.24) is 0 Å². The lowest BCUT2D eigenvalue weighted by Crippen LogP contribution is -2.62. The molecular formula is C16H20O7. The molecule has 0 radical (unpaired) electrons. The molecule has 0 bridgehead atoms. The van der Waals surface area contributed by atoms with Crippen molar-refractivity contribution in [3.05, 3.63) is 23.3 Å². The third-order valence-electron chi connectivity index (χ3n) is 5.20. The van der Waals surface area contributed by atoms with E-state index in [1.54, 1.807) is 0 Å². The largest absolute Gasteiger partial charge is 0.507 e. The van der Waals surface area contributed by atoms with E-state index in [9.17, 15) is 30.3 Å². The number of phenols is 1. The Morgan fingerprint density at radius 3 is 2.52 bits per heavy atom. The third-order valence-corrected chi connectivity index (χ3v) is 5.20. The minimum atomic E-state index is -1.83. The summed E-state index contributed by atoms with van der Waals surface area (Å²) < 4.78 is 5.03. The van der Waals surface area contributed by atoms with E-state index in [1.807, 2.05) is 0 Å². The van der Waals surface area contributed by atoms with E-state index in [2.05, 4.69) is 0 Å². The van der Waals surface area contributed by atoms with Crippen LogP contribution in [0.5, 0.6) is 11.5 Å². The molecule has 2 aliphatic carbocycles. The number of aromatic hydroxyl groups is 1. The van der Waals surface area contributed by atoms with Crippen LogP contribution in [-0.4, -0.2) is 56.2 Å². The van der Waals surface area contributed by atoms with Gasteiger partial charge in [0.2, 0.25) is 0 Å². The Bertz CT molecular complexity index is 654. The number of fused-ring (bicyclic) bond motifs is 2. The van der Waals surface area contributed by atoms with Crippen LogP contribution in [-0.2, 0) is 0 Å². The Kier molecular flexibility index (Phi) is 3.64. The first kappa shape index (κ1) is 16.2. The number of methoxy groups -OCH3 is 1. The maximum Gasteiger partial charge on any atom is 0.170 e. The molecule has 7 heteroatoms. The maximum atomic E-state index is 12.7. The topological polar surface area (TPSA) is 127 Å². The molecule has 6 unspecified atom stereocenters. The van der Waals surface area contributed by atoms with Gasteiger partial charge in [0.15, 0.2) is 5.78 Å². The summed E-state index contributed by atoms with van der Waals surface area (Å²) in [6.45, 7) is 1.27. The second-order valence-electron chi connectivity index (χ2n) is 6.53. The van der Waals surface area contributed by atoms with Crippen LogP contribution >= 0.6 is 0 Å². The van der Waals surface area contributed by atoms with Crippen LogP contribution < -0.4 is 4.74 Å². The number of ketones is 1. The maximum absolute atomic E-state index is 12.7. The molecule has 0 aliphatic heterocycles. The predicted octanol–water partition coefficient (Wildman–Crippen LogP) is -0.261. The second-order valence-corrected chi connectivity index (χ2v) is 6.53. The summed E-state index contributed by atoms with van der Waals surface area (Å²) in [7, 11) is 1.39. The molecule has 5 N–H and O–H groups in total. The lowest BCUT2D eigenvalue weighted by molar-refractivity contribution is -0.203. The van der Waals surface area contributed by atoms with Crippen LogP contribution in [0, 0.1) is 11.8 Å². The molecule has 0 heterocycles. The summed E-state index contributed by atoms with van der Waals surface area (Å²) in [5.41, 5.74) is -1.71. The molecule has 23 heavy (non-hydrogen) atoms. The minimum Gasteiger partial charge on any atom is -0.507 e. The zero-order valence-corrected chi connectivity index (χ0v) is 12.8. The van der Waals surface area contributed by atoms with Crippen molar-refractivity contribution in [3.63, 3.8) is 0 Å². The normalized spacial score (nSPS) is 39.6. The number of hydrogen-bond donors (Lipinski definition) is 5. The zero-order valence-electron chi connectivity index (χ0n) is 12.8. The standard InChI is InChI=1S/C16H20O7/c1-16(22)10(18)5-8-12(15(16)21)14(20)7-3-6(23-2)4-9(17)11(7)13(8)19/h3-4,8,10,12,14-15,17-18,20-22H,5H2,1-2H3. The van der Waals surface area contributed by atoms with Gasteiger partial charge in [-0.1, -0.05) is 0 Å². The molecule has 0 saturated heterocycles. The van der Waals surface area contributed by atoms with Gasteiger partial charge in [-0.25, -0.2) is 0 Å². The van der Waals surface area contributed by atoms with Crippen molar-refractivity contribution >= 4 is 5.78 Å². The summed E-state index contributed by atoms with van der Waals surface area (Å²) in [5.74, 6) is -2.38. The summed E-state index contributed by atoms with van der Waals surface area (Å²) in [6.07, 6.45) is -4.17. The molecule has 2 aliphatic rings. The van der Waals surface area contributed by atoms with Gasteiger partial charge in [-0.15, -0.1) is 0 Å². The fraction of sp³-hybridized carbons (Fsp3) is 0.562. The van der Waals surface area contributed by atoms with E-state index in [4.69, 9.17) is 4.74 Å². The number of benzene rings is 1. The quantitative estimate of drug-likeness (QED) is 0.481. The smallest absolute Gasteiger partial charge is 0.170 e. The van der Waals surface area contributed by atoms with Crippen molar-refractivity contribution in [2.24, 2.45) is 11.8 Å². The molecule has 0 spiro atoms. The first-order valence-corrected chi connectivity index (χ1v) is 7.41. The van der Waals surface area contributed by atoms with Gasteiger partial charge in [-0.2, -0.15) is 0 Å². The van der Waals surface area contributed by atoms with Gasteiger partial charge in [-0.3, -0.25) is 4.79 Å². The Morgan fingerprint density at radius 2 is 1.91 bits per heavy atom. The number of aliphatic hydroxyl groups is 4. The van der Waals surface area contributed by atoms with E-state index in [1.165, 1.54) is 26.2 Å². The van der Waals surface area contributed by atoms with Crippen LogP contribution in [0.1, 0.15) is 35.4 Å². The Balaban J connectivity index is 2.15. The highest BCUT2D eigenvalue weighted by atomic mass is 16.5. The number of Topliss-reactive ketones (excluding diaryl/α,β-unsaturated/α-hetero) is 1. The number of rotatable bonds is 1. The summed E-state index contributed by atoms with van der Waals surface area (Å²) >= 11 is 0. The fourth-order valence-corrected chi connectivity index (χ4v) is 3.75. The Labute approximate surface area is 132 Å². The van der Waals surface area contributed by atoms with Crippen molar-refractivity contribution in [3.8, 4) is 11.5 Å². The molecular weight excluding hydrogens is 304 g/mol. The lowest BCUT2D eigenvalue weighted by Gasteiger charge is -2.50. The van der Waals surface area contributed by atoms with Gasteiger partial charge >= 0.3 is 0 Å². The van der Waals surface area contributed by atoms with Crippen molar-refractivity contribution in [1.29, 1.82) is 0 Å². The van der Waals surface area contributed by atoms with Gasteiger partial charge in [0.1, 0.15) is 17.1 Å². The number of carbonyl (C=O) groups is 1. The molecule has 6 atom stereocenters. The number of hydrogen-bond acceptors (Lipinski definition) is 7. The van der Waals surface area contributed by atoms with Gasteiger partial charge in [0.25, 0.3) is 0 Å². The van der Waals surface area contributed by atoms with Gasteiger partial charge in [0.05, 0.1) is 31.0 Å². The molecule has 1 saturated carbocycles. The monoisotopic (exact) mass is 324 g/mol. The van der Waals surface area contributed by atoms with E-state index in [0.717, 1.165) is 0 Å². The molecule has 1 fully saturated rings. The molecule has 3 rings (SSSR count). The van der Waals surface area contributed by atoms with Crippen LogP contribution in [0.3, 0.4) is 0 Å². The number of carbonyl (C=O) groups excluding carboxylic acids is 1.